The number of hydrogen-bond acceptors (Lipinski definition) is 3. The number of rotatable bonds is 10. The lowest BCUT2D eigenvalue weighted by atomic mass is 10.0. The van der Waals surface area contributed by atoms with Gasteiger partial charge in [0.1, 0.15) is 5.82 Å². The minimum atomic E-state index is -0.563. The predicted molar refractivity (Wildman–Crippen MR) is 145 cm³/mol. The zero-order chi connectivity index (χ0) is 25.9. The van der Waals surface area contributed by atoms with Crippen molar-refractivity contribution >= 4 is 58.5 Å². The summed E-state index contributed by atoms with van der Waals surface area (Å²) in [5.41, 5.74) is 0.919. The number of halogens is 4. The molecule has 0 aromatic heterocycles. The molecule has 0 saturated carbocycles. The van der Waals surface area contributed by atoms with E-state index in [-0.39, 0.29) is 22.7 Å². The summed E-state index contributed by atoms with van der Waals surface area (Å²) < 4.78 is 13.8. The standard InChI is InChI=1S/C26H30Cl3FN4O2/c27-19-6-8-24(23(30)17-19)33-26(36)32-20-10-14-34(15-11-20)13-3-1-2-12-31-25(35)9-5-18-4-7-21(28)22(29)16-18/h4-9,16-17,20H,1-3,10-15H2,(H,31,35)(H2,32,33,36)/b9-5+. The summed E-state index contributed by atoms with van der Waals surface area (Å²) in [6.45, 7) is 3.41. The van der Waals surface area contributed by atoms with E-state index in [1.165, 1.54) is 24.3 Å². The van der Waals surface area contributed by atoms with E-state index in [0.717, 1.165) is 57.3 Å². The Morgan fingerprint density at radius 2 is 1.78 bits per heavy atom. The monoisotopic (exact) mass is 554 g/mol. The highest BCUT2D eigenvalue weighted by molar-refractivity contribution is 6.42. The molecule has 0 radical (unpaired) electrons. The van der Waals surface area contributed by atoms with Gasteiger partial charge in [0, 0.05) is 36.8 Å². The fourth-order valence-corrected chi connectivity index (χ4v) is 4.40. The lowest BCUT2D eigenvalue weighted by Gasteiger charge is -2.32. The van der Waals surface area contributed by atoms with Crippen molar-refractivity contribution < 1.29 is 14.0 Å². The Morgan fingerprint density at radius 1 is 1.00 bits per heavy atom. The summed E-state index contributed by atoms with van der Waals surface area (Å²) in [4.78, 5) is 26.5. The summed E-state index contributed by atoms with van der Waals surface area (Å²) in [6, 6.07) is 9.00. The zero-order valence-electron chi connectivity index (χ0n) is 19.8. The van der Waals surface area contributed by atoms with Gasteiger partial charge in [-0.2, -0.15) is 0 Å². The van der Waals surface area contributed by atoms with Crippen LogP contribution in [-0.2, 0) is 4.79 Å². The number of unbranched alkanes of at least 4 members (excludes halogenated alkanes) is 2. The maximum absolute atomic E-state index is 13.8. The Morgan fingerprint density at radius 3 is 2.50 bits per heavy atom. The van der Waals surface area contributed by atoms with Crippen LogP contribution < -0.4 is 16.0 Å². The molecule has 3 amide bonds. The van der Waals surface area contributed by atoms with Crippen LogP contribution in [0.25, 0.3) is 6.08 Å². The molecular formula is C26H30Cl3FN4O2. The van der Waals surface area contributed by atoms with E-state index in [0.29, 0.717) is 16.6 Å². The highest BCUT2D eigenvalue weighted by Gasteiger charge is 2.20. The molecular weight excluding hydrogens is 526 g/mol. The van der Waals surface area contributed by atoms with Crippen LogP contribution in [0.1, 0.15) is 37.7 Å². The van der Waals surface area contributed by atoms with E-state index in [1.54, 1.807) is 24.3 Å². The summed E-state index contributed by atoms with van der Waals surface area (Å²) in [7, 11) is 0. The van der Waals surface area contributed by atoms with Gasteiger partial charge in [0.2, 0.25) is 5.91 Å². The van der Waals surface area contributed by atoms with Gasteiger partial charge in [-0.15, -0.1) is 0 Å². The molecule has 0 aliphatic carbocycles. The second-order valence-electron chi connectivity index (χ2n) is 8.70. The van der Waals surface area contributed by atoms with Gasteiger partial charge in [0.05, 0.1) is 15.7 Å². The second-order valence-corrected chi connectivity index (χ2v) is 9.95. The van der Waals surface area contributed by atoms with Crippen molar-refractivity contribution in [1.29, 1.82) is 0 Å². The average Bonchev–Trinajstić information content (AvgIpc) is 2.85. The first-order chi connectivity index (χ1) is 17.3. The van der Waals surface area contributed by atoms with Crippen molar-refractivity contribution in [2.24, 2.45) is 0 Å². The molecule has 0 unspecified atom stereocenters. The van der Waals surface area contributed by atoms with Gasteiger partial charge in [-0.1, -0.05) is 47.3 Å². The third-order valence-electron chi connectivity index (χ3n) is 5.92. The molecule has 36 heavy (non-hydrogen) atoms. The number of nitrogens with zero attached hydrogens (tertiary/aromatic N) is 1. The van der Waals surface area contributed by atoms with Crippen LogP contribution in [0.2, 0.25) is 15.1 Å². The quantitative estimate of drug-likeness (QED) is 0.236. The van der Waals surface area contributed by atoms with Gasteiger partial charge in [0.25, 0.3) is 0 Å². The van der Waals surface area contributed by atoms with Crippen molar-refractivity contribution in [2.75, 3.05) is 31.5 Å². The van der Waals surface area contributed by atoms with Crippen molar-refractivity contribution in [3.8, 4) is 0 Å². The van der Waals surface area contributed by atoms with E-state index in [1.807, 2.05) is 0 Å². The molecule has 0 atom stereocenters. The molecule has 3 rings (SSSR count). The zero-order valence-corrected chi connectivity index (χ0v) is 22.1. The fraction of sp³-hybridized carbons (Fsp3) is 0.385. The van der Waals surface area contributed by atoms with E-state index >= 15 is 0 Å². The molecule has 1 aliphatic rings. The number of urea groups is 1. The molecule has 194 valence electrons. The number of carbonyl (C=O) groups excluding carboxylic acids is 2. The minimum absolute atomic E-state index is 0.0591. The molecule has 10 heteroatoms. The first-order valence-electron chi connectivity index (χ1n) is 12.0. The molecule has 1 fully saturated rings. The fourth-order valence-electron chi connectivity index (χ4n) is 3.93. The Labute approximate surface area is 226 Å². The number of amides is 3. The maximum Gasteiger partial charge on any atom is 0.319 e. The van der Waals surface area contributed by atoms with Crippen LogP contribution in [-0.4, -0.2) is 49.1 Å². The highest BCUT2D eigenvalue weighted by Crippen LogP contribution is 2.23. The number of likely N-dealkylation sites (tertiary alicyclic amines) is 1. The van der Waals surface area contributed by atoms with Gasteiger partial charge < -0.3 is 20.9 Å². The van der Waals surface area contributed by atoms with Crippen molar-refractivity contribution in [3.63, 3.8) is 0 Å². The molecule has 2 aromatic rings. The van der Waals surface area contributed by atoms with Crippen molar-refractivity contribution in [2.45, 2.75) is 38.1 Å². The molecule has 0 bridgehead atoms. The number of benzene rings is 2. The van der Waals surface area contributed by atoms with E-state index in [4.69, 9.17) is 34.8 Å². The summed E-state index contributed by atoms with van der Waals surface area (Å²) in [5.74, 6) is -0.703. The third-order valence-corrected chi connectivity index (χ3v) is 6.90. The second kappa shape index (κ2) is 14.4. The Hall–Kier alpha value is -2.32. The first-order valence-corrected chi connectivity index (χ1v) is 13.1. The molecule has 1 heterocycles. The van der Waals surface area contributed by atoms with Crippen LogP contribution in [0.4, 0.5) is 14.9 Å². The Bertz CT molecular complexity index is 1080. The van der Waals surface area contributed by atoms with E-state index in [9.17, 15) is 14.0 Å². The SMILES string of the molecule is O=C(/C=C/c1ccc(Cl)c(Cl)c1)NCCCCCN1CCC(NC(=O)Nc2ccc(Cl)cc2F)CC1. The normalized spacial score (nSPS) is 14.7. The van der Waals surface area contributed by atoms with Crippen LogP contribution in [0.5, 0.6) is 0 Å². The number of anilines is 1. The van der Waals surface area contributed by atoms with Crippen LogP contribution >= 0.6 is 34.8 Å². The third kappa shape index (κ3) is 9.62. The predicted octanol–water partition coefficient (Wildman–Crippen LogP) is 6.37. The van der Waals surface area contributed by atoms with Crippen molar-refractivity contribution in [1.82, 2.24) is 15.5 Å². The lowest BCUT2D eigenvalue weighted by molar-refractivity contribution is -0.116. The van der Waals surface area contributed by atoms with Crippen LogP contribution in [0.15, 0.2) is 42.5 Å². The smallest absolute Gasteiger partial charge is 0.319 e. The van der Waals surface area contributed by atoms with Crippen LogP contribution in [0, 0.1) is 5.82 Å². The molecule has 1 aliphatic heterocycles. The van der Waals surface area contributed by atoms with Gasteiger partial charge in [-0.05, 0) is 74.2 Å². The number of nitrogens with one attached hydrogen (secondary N) is 3. The highest BCUT2D eigenvalue weighted by atomic mass is 35.5. The Kier molecular flexibility index (Phi) is 11.3. The summed E-state index contributed by atoms with van der Waals surface area (Å²) in [6.07, 6.45) is 7.86. The molecule has 6 nitrogen and oxygen atoms in total. The first kappa shape index (κ1) is 28.3. The molecule has 1 saturated heterocycles. The van der Waals surface area contributed by atoms with E-state index in [2.05, 4.69) is 20.9 Å². The largest absolute Gasteiger partial charge is 0.353 e. The van der Waals surface area contributed by atoms with Gasteiger partial charge in [-0.25, -0.2) is 9.18 Å². The lowest BCUT2D eigenvalue weighted by Crippen LogP contribution is -2.46. The van der Waals surface area contributed by atoms with Gasteiger partial charge in [-0.3, -0.25) is 4.79 Å². The number of piperidine rings is 1. The maximum atomic E-state index is 13.8. The topological polar surface area (TPSA) is 73.5 Å². The average molecular weight is 556 g/mol. The Balaban J connectivity index is 1.23. The van der Waals surface area contributed by atoms with E-state index < -0.39 is 11.8 Å². The van der Waals surface area contributed by atoms with Crippen LogP contribution in [0.3, 0.4) is 0 Å². The summed E-state index contributed by atoms with van der Waals surface area (Å²) >= 11 is 17.6. The van der Waals surface area contributed by atoms with Crippen molar-refractivity contribution in [3.05, 3.63) is 68.9 Å². The summed E-state index contributed by atoms with van der Waals surface area (Å²) in [5, 5.41) is 9.56. The molecule has 2 aromatic carbocycles. The number of hydrogen-bond donors (Lipinski definition) is 3. The minimum Gasteiger partial charge on any atom is -0.353 e. The van der Waals surface area contributed by atoms with Gasteiger partial charge in [0.15, 0.2) is 0 Å². The molecule has 3 N–H and O–H groups in total. The number of carbonyl (C=O) groups is 2. The van der Waals surface area contributed by atoms with Gasteiger partial charge >= 0.3 is 6.03 Å². The molecule has 0 spiro atoms.